The van der Waals surface area contributed by atoms with E-state index in [4.69, 9.17) is 0 Å². The van der Waals surface area contributed by atoms with Crippen molar-refractivity contribution >= 4 is 11.9 Å². The molecule has 0 aliphatic rings. The molecule has 2 aromatic rings. The molecule has 0 atom stereocenters. The van der Waals surface area contributed by atoms with E-state index in [2.05, 4.69) is 35.4 Å². The number of nitrogens with zero attached hydrogens (tertiary/aromatic N) is 1. The molecule has 17 heavy (non-hydrogen) atoms. The van der Waals surface area contributed by atoms with Crippen LogP contribution in [0.15, 0.2) is 60.3 Å². The van der Waals surface area contributed by atoms with Crippen LogP contribution in [0.4, 0.5) is 5.82 Å². The standard InChI is InChI=1S/C15H16N2/c1-13(11-14-7-3-2-4-8-14)12-17-15-9-5-6-10-16-15/h2-11H,12H2,1H3,(H,16,17)/b13-11+. The predicted octanol–water partition coefficient (Wildman–Crippen LogP) is 3.60. The Morgan fingerprint density at radius 3 is 2.59 bits per heavy atom. The highest BCUT2D eigenvalue weighted by atomic mass is 15.0. The Hall–Kier alpha value is -2.09. The lowest BCUT2D eigenvalue weighted by molar-refractivity contribution is 1.17. The molecule has 2 rings (SSSR count). The van der Waals surface area contributed by atoms with Crippen LogP contribution in [0, 0.1) is 0 Å². The second-order valence-electron chi connectivity index (χ2n) is 3.97. The highest BCUT2D eigenvalue weighted by Crippen LogP contribution is 2.07. The smallest absolute Gasteiger partial charge is 0.126 e. The van der Waals surface area contributed by atoms with Crippen molar-refractivity contribution in [2.75, 3.05) is 11.9 Å². The molecule has 0 saturated heterocycles. The third-order valence-corrected chi connectivity index (χ3v) is 2.43. The van der Waals surface area contributed by atoms with E-state index in [1.165, 1.54) is 11.1 Å². The predicted molar refractivity (Wildman–Crippen MR) is 72.8 cm³/mol. The average molecular weight is 224 g/mol. The summed E-state index contributed by atoms with van der Waals surface area (Å²) in [6.45, 7) is 2.93. The number of hydrogen-bond acceptors (Lipinski definition) is 2. The minimum Gasteiger partial charge on any atom is -0.366 e. The fourth-order valence-corrected chi connectivity index (χ4v) is 1.58. The van der Waals surface area contributed by atoms with Gasteiger partial charge in [0, 0.05) is 12.7 Å². The van der Waals surface area contributed by atoms with Crippen molar-refractivity contribution in [1.82, 2.24) is 4.98 Å². The van der Waals surface area contributed by atoms with Gasteiger partial charge in [-0.05, 0) is 24.6 Å². The summed E-state index contributed by atoms with van der Waals surface area (Å²) in [5.41, 5.74) is 2.51. The van der Waals surface area contributed by atoms with E-state index in [0.717, 1.165) is 12.4 Å². The van der Waals surface area contributed by atoms with Crippen LogP contribution in [-0.4, -0.2) is 11.5 Å². The maximum Gasteiger partial charge on any atom is 0.126 e. The largest absolute Gasteiger partial charge is 0.366 e. The molecular weight excluding hydrogens is 208 g/mol. The Kier molecular flexibility index (Phi) is 3.92. The molecular formula is C15H16N2. The molecule has 1 heterocycles. The van der Waals surface area contributed by atoms with Crippen molar-refractivity contribution in [3.63, 3.8) is 0 Å². The zero-order valence-electron chi connectivity index (χ0n) is 9.93. The first-order valence-corrected chi connectivity index (χ1v) is 5.72. The van der Waals surface area contributed by atoms with E-state index >= 15 is 0 Å². The van der Waals surface area contributed by atoms with Gasteiger partial charge in [-0.25, -0.2) is 4.98 Å². The summed E-state index contributed by atoms with van der Waals surface area (Å²) in [5.74, 6) is 0.910. The number of benzene rings is 1. The normalized spacial score (nSPS) is 11.2. The first-order valence-electron chi connectivity index (χ1n) is 5.72. The molecule has 0 unspecified atom stereocenters. The van der Waals surface area contributed by atoms with Crippen LogP contribution >= 0.6 is 0 Å². The Morgan fingerprint density at radius 2 is 1.88 bits per heavy atom. The second-order valence-corrected chi connectivity index (χ2v) is 3.97. The molecule has 1 aromatic carbocycles. The van der Waals surface area contributed by atoms with E-state index in [-0.39, 0.29) is 0 Å². The molecule has 2 nitrogen and oxygen atoms in total. The molecule has 0 amide bonds. The molecule has 0 radical (unpaired) electrons. The monoisotopic (exact) mass is 224 g/mol. The third kappa shape index (κ3) is 3.76. The molecule has 0 saturated carbocycles. The number of hydrogen-bond donors (Lipinski definition) is 1. The average Bonchev–Trinajstić information content (AvgIpc) is 2.39. The highest BCUT2D eigenvalue weighted by molar-refractivity contribution is 5.53. The first kappa shape index (κ1) is 11.4. The van der Waals surface area contributed by atoms with Gasteiger partial charge in [0.2, 0.25) is 0 Å². The third-order valence-electron chi connectivity index (χ3n) is 2.43. The number of aromatic nitrogens is 1. The van der Waals surface area contributed by atoms with E-state index < -0.39 is 0 Å². The Bertz CT molecular complexity index is 475. The van der Waals surface area contributed by atoms with E-state index in [1.54, 1.807) is 6.20 Å². The summed E-state index contributed by atoms with van der Waals surface area (Å²) in [4.78, 5) is 4.22. The Balaban J connectivity index is 1.94. The van der Waals surface area contributed by atoms with Crippen molar-refractivity contribution in [2.45, 2.75) is 6.92 Å². The molecule has 2 heteroatoms. The van der Waals surface area contributed by atoms with Gasteiger partial charge in [0.25, 0.3) is 0 Å². The molecule has 86 valence electrons. The van der Waals surface area contributed by atoms with Gasteiger partial charge in [-0.3, -0.25) is 0 Å². The molecule has 1 N–H and O–H groups in total. The Morgan fingerprint density at radius 1 is 1.12 bits per heavy atom. The number of rotatable bonds is 4. The van der Waals surface area contributed by atoms with Crippen LogP contribution < -0.4 is 5.32 Å². The van der Waals surface area contributed by atoms with Crippen LogP contribution in [0.25, 0.3) is 6.08 Å². The first-order chi connectivity index (χ1) is 8.34. The van der Waals surface area contributed by atoms with Crippen molar-refractivity contribution in [3.8, 4) is 0 Å². The maximum absolute atomic E-state index is 4.22. The van der Waals surface area contributed by atoms with Crippen molar-refractivity contribution < 1.29 is 0 Å². The molecule has 0 spiro atoms. The quantitative estimate of drug-likeness (QED) is 0.858. The lowest BCUT2D eigenvalue weighted by Crippen LogP contribution is -2.03. The molecule has 0 fully saturated rings. The van der Waals surface area contributed by atoms with Gasteiger partial charge >= 0.3 is 0 Å². The van der Waals surface area contributed by atoms with Gasteiger partial charge in [0.05, 0.1) is 0 Å². The highest BCUT2D eigenvalue weighted by Gasteiger charge is 1.93. The fourth-order valence-electron chi connectivity index (χ4n) is 1.58. The van der Waals surface area contributed by atoms with E-state index in [1.807, 2.05) is 36.4 Å². The molecule has 1 aromatic heterocycles. The molecule has 0 aliphatic carbocycles. The summed E-state index contributed by atoms with van der Waals surface area (Å²) in [6, 6.07) is 16.2. The van der Waals surface area contributed by atoms with Crippen molar-refractivity contribution in [1.29, 1.82) is 0 Å². The summed E-state index contributed by atoms with van der Waals surface area (Å²) < 4.78 is 0. The maximum atomic E-state index is 4.22. The minimum atomic E-state index is 0.811. The lowest BCUT2D eigenvalue weighted by Gasteiger charge is -2.05. The topological polar surface area (TPSA) is 24.9 Å². The lowest BCUT2D eigenvalue weighted by atomic mass is 10.1. The van der Waals surface area contributed by atoms with Crippen molar-refractivity contribution in [3.05, 3.63) is 65.9 Å². The number of nitrogens with one attached hydrogen (secondary N) is 1. The summed E-state index contributed by atoms with van der Waals surface area (Å²) >= 11 is 0. The van der Waals surface area contributed by atoms with Gasteiger partial charge in [-0.2, -0.15) is 0 Å². The fraction of sp³-hybridized carbons (Fsp3) is 0.133. The number of anilines is 1. The van der Waals surface area contributed by atoms with Crippen LogP contribution in [-0.2, 0) is 0 Å². The van der Waals surface area contributed by atoms with Crippen molar-refractivity contribution in [2.24, 2.45) is 0 Å². The van der Waals surface area contributed by atoms with Gasteiger partial charge in [0.15, 0.2) is 0 Å². The molecule has 0 bridgehead atoms. The summed E-state index contributed by atoms with van der Waals surface area (Å²) in [6.07, 6.45) is 3.97. The zero-order chi connectivity index (χ0) is 11.9. The second kappa shape index (κ2) is 5.85. The van der Waals surface area contributed by atoms with Gasteiger partial charge in [-0.15, -0.1) is 0 Å². The summed E-state index contributed by atoms with van der Waals surface area (Å²) in [7, 11) is 0. The van der Waals surface area contributed by atoms with E-state index in [0.29, 0.717) is 0 Å². The van der Waals surface area contributed by atoms with Crippen LogP contribution in [0.3, 0.4) is 0 Å². The van der Waals surface area contributed by atoms with Gasteiger partial charge in [0.1, 0.15) is 5.82 Å². The zero-order valence-corrected chi connectivity index (χ0v) is 9.93. The van der Waals surface area contributed by atoms with Crippen LogP contribution in [0.1, 0.15) is 12.5 Å². The van der Waals surface area contributed by atoms with E-state index in [9.17, 15) is 0 Å². The summed E-state index contributed by atoms with van der Waals surface area (Å²) in [5, 5.41) is 3.29. The number of pyridine rings is 1. The van der Waals surface area contributed by atoms with Gasteiger partial charge in [-0.1, -0.05) is 48.0 Å². The molecule has 0 aliphatic heterocycles. The van der Waals surface area contributed by atoms with Crippen LogP contribution in [0.5, 0.6) is 0 Å². The SMILES string of the molecule is C/C(=C\c1ccccc1)CNc1ccccn1. The van der Waals surface area contributed by atoms with Gasteiger partial charge < -0.3 is 5.32 Å². The van der Waals surface area contributed by atoms with Crippen LogP contribution in [0.2, 0.25) is 0 Å². The Labute approximate surface area is 102 Å². The minimum absolute atomic E-state index is 0.811.